The van der Waals surface area contributed by atoms with Gasteiger partial charge in [-0.3, -0.25) is 9.78 Å². The van der Waals surface area contributed by atoms with E-state index in [1.165, 1.54) is 18.3 Å². The zero-order valence-electron chi connectivity index (χ0n) is 11.4. The van der Waals surface area contributed by atoms with Gasteiger partial charge in [-0.1, -0.05) is 12.1 Å². The van der Waals surface area contributed by atoms with Crippen LogP contribution < -0.4 is 5.32 Å². The van der Waals surface area contributed by atoms with Crippen molar-refractivity contribution in [3.05, 3.63) is 71.7 Å². The van der Waals surface area contributed by atoms with Crippen LogP contribution in [0.5, 0.6) is 0 Å². The Kier molecular flexibility index (Phi) is 3.36. The van der Waals surface area contributed by atoms with Crippen LogP contribution in [0.25, 0.3) is 10.9 Å². The maximum absolute atomic E-state index is 13.2. The second kappa shape index (κ2) is 5.32. The third kappa shape index (κ3) is 2.89. The van der Waals surface area contributed by atoms with Gasteiger partial charge in [0.2, 0.25) is 0 Å². The van der Waals surface area contributed by atoms with Crippen molar-refractivity contribution in [2.75, 3.05) is 5.32 Å². The van der Waals surface area contributed by atoms with E-state index in [9.17, 15) is 9.18 Å². The van der Waals surface area contributed by atoms with Gasteiger partial charge in [-0.15, -0.1) is 0 Å². The van der Waals surface area contributed by atoms with Gasteiger partial charge in [-0.25, -0.2) is 4.39 Å². The van der Waals surface area contributed by atoms with E-state index in [2.05, 4.69) is 10.3 Å². The molecule has 0 bridgehead atoms. The van der Waals surface area contributed by atoms with E-state index in [0.29, 0.717) is 16.5 Å². The molecule has 4 heteroatoms. The van der Waals surface area contributed by atoms with Gasteiger partial charge in [-0.2, -0.15) is 0 Å². The summed E-state index contributed by atoms with van der Waals surface area (Å²) in [5, 5.41) is 3.41. The summed E-state index contributed by atoms with van der Waals surface area (Å²) in [4.78, 5) is 16.4. The molecule has 0 spiro atoms. The highest BCUT2D eigenvalue weighted by molar-refractivity contribution is 6.05. The molecular weight excluding hydrogens is 267 g/mol. The molecule has 0 radical (unpaired) electrons. The van der Waals surface area contributed by atoms with Crippen LogP contribution in [0.4, 0.5) is 10.1 Å². The molecule has 0 saturated carbocycles. The van der Waals surface area contributed by atoms with Gasteiger partial charge in [0, 0.05) is 17.3 Å². The van der Waals surface area contributed by atoms with Crippen LogP contribution in [-0.4, -0.2) is 10.9 Å². The fourth-order valence-corrected chi connectivity index (χ4v) is 2.15. The second-order valence-electron chi connectivity index (χ2n) is 4.88. The van der Waals surface area contributed by atoms with Crippen LogP contribution >= 0.6 is 0 Å². The van der Waals surface area contributed by atoms with Crippen molar-refractivity contribution in [2.45, 2.75) is 6.92 Å². The molecule has 3 nitrogen and oxygen atoms in total. The number of carbonyl (C=O) groups is 1. The van der Waals surface area contributed by atoms with Gasteiger partial charge >= 0.3 is 0 Å². The number of aromatic nitrogens is 1. The molecule has 0 aliphatic carbocycles. The van der Waals surface area contributed by atoms with E-state index in [4.69, 9.17) is 0 Å². The standard InChI is InChI=1S/C17H13FN2O/c1-11-3-2-4-15(7-11)20-17(21)13-8-12-9-14(18)5-6-16(12)19-10-13/h2-10H,1H3,(H,20,21). The average Bonchev–Trinajstić information content (AvgIpc) is 2.46. The van der Waals surface area contributed by atoms with Crippen molar-refractivity contribution >= 4 is 22.5 Å². The van der Waals surface area contributed by atoms with Crippen LogP contribution in [0.15, 0.2) is 54.7 Å². The van der Waals surface area contributed by atoms with Crippen molar-refractivity contribution < 1.29 is 9.18 Å². The van der Waals surface area contributed by atoms with Gasteiger partial charge in [0.25, 0.3) is 5.91 Å². The number of carbonyl (C=O) groups excluding carboxylic acids is 1. The molecule has 0 saturated heterocycles. The number of halogens is 1. The number of nitrogens with zero attached hydrogens (tertiary/aromatic N) is 1. The Morgan fingerprint density at radius 2 is 2.00 bits per heavy atom. The van der Waals surface area contributed by atoms with E-state index in [0.717, 1.165) is 11.3 Å². The minimum Gasteiger partial charge on any atom is -0.322 e. The summed E-state index contributed by atoms with van der Waals surface area (Å²) >= 11 is 0. The molecule has 3 aromatic rings. The molecule has 0 aliphatic rings. The van der Waals surface area contributed by atoms with E-state index in [1.54, 1.807) is 12.1 Å². The topological polar surface area (TPSA) is 42.0 Å². The van der Waals surface area contributed by atoms with E-state index in [-0.39, 0.29) is 11.7 Å². The first kappa shape index (κ1) is 13.2. The van der Waals surface area contributed by atoms with Crippen LogP contribution in [-0.2, 0) is 0 Å². The summed E-state index contributed by atoms with van der Waals surface area (Å²) in [6.45, 7) is 1.95. The smallest absolute Gasteiger partial charge is 0.257 e. The molecule has 3 rings (SSSR count). The monoisotopic (exact) mass is 280 g/mol. The first-order valence-electron chi connectivity index (χ1n) is 6.55. The molecule has 21 heavy (non-hydrogen) atoms. The van der Waals surface area contributed by atoms with E-state index in [1.807, 2.05) is 31.2 Å². The molecule has 1 amide bonds. The van der Waals surface area contributed by atoms with E-state index < -0.39 is 0 Å². The van der Waals surface area contributed by atoms with Crippen LogP contribution in [0.3, 0.4) is 0 Å². The fraction of sp³-hybridized carbons (Fsp3) is 0.0588. The second-order valence-corrected chi connectivity index (χ2v) is 4.88. The zero-order valence-corrected chi connectivity index (χ0v) is 11.4. The highest BCUT2D eigenvalue weighted by Crippen LogP contribution is 2.16. The van der Waals surface area contributed by atoms with Crippen LogP contribution in [0.2, 0.25) is 0 Å². The SMILES string of the molecule is Cc1cccc(NC(=O)c2cnc3ccc(F)cc3c2)c1. The molecule has 104 valence electrons. The number of aryl methyl sites for hydroxylation is 1. The number of hydrogen-bond donors (Lipinski definition) is 1. The molecule has 0 unspecified atom stereocenters. The lowest BCUT2D eigenvalue weighted by molar-refractivity contribution is 0.102. The van der Waals surface area contributed by atoms with Gasteiger partial charge in [0.1, 0.15) is 5.82 Å². The van der Waals surface area contributed by atoms with E-state index >= 15 is 0 Å². The van der Waals surface area contributed by atoms with Gasteiger partial charge in [-0.05, 0) is 48.9 Å². The lowest BCUT2D eigenvalue weighted by Crippen LogP contribution is -2.12. The summed E-state index contributed by atoms with van der Waals surface area (Å²) in [6, 6.07) is 13.5. The Bertz CT molecular complexity index is 830. The number of nitrogens with one attached hydrogen (secondary N) is 1. The van der Waals surface area contributed by atoms with Crippen LogP contribution in [0.1, 0.15) is 15.9 Å². The first-order valence-corrected chi connectivity index (χ1v) is 6.55. The molecule has 0 fully saturated rings. The largest absolute Gasteiger partial charge is 0.322 e. The average molecular weight is 280 g/mol. The molecular formula is C17H13FN2O. The summed E-state index contributed by atoms with van der Waals surface area (Å²) < 4.78 is 13.2. The molecule has 0 atom stereocenters. The summed E-state index contributed by atoms with van der Waals surface area (Å²) in [5.74, 6) is -0.611. The fourth-order valence-electron chi connectivity index (χ4n) is 2.15. The highest BCUT2D eigenvalue weighted by atomic mass is 19.1. The van der Waals surface area contributed by atoms with Gasteiger partial charge in [0.05, 0.1) is 11.1 Å². The number of pyridine rings is 1. The predicted molar refractivity (Wildman–Crippen MR) is 80.8 cm³/mol. The van der Waals surface area contributed by atoms with Gasteiger partial charge in [0.15, 0.2) is 0 Å². The van der Waals surface area contributed by atoms with Crippen molar-refractivity contribution in [3.63, 3.8) is 0 Å². The number of amides is 1. The van der Waals surface area contributed by atoms with Gasteiger partial charge < -0.3 is 5.32 Å². The number of benzene rings is 2. The maximum atomic E-state index is 13.2. The number of rotatable bonds is 2. The molecule has 1 aromatic heterocycles. The summed E-state index contributed by atoms with van der Waals surface area (Å²) in [6.07, 6.45) is 1.49. The number of anilines is 1. The first-order chi connectivity index (χ1) is 10.1. The van der Waals surface area contributed by atoms with Crippen molar-refractivity contribution in [3.8, 4) is 0 Å². The summed E-state index contributed by atoms with van der Waals surface area (Å²) in [7, 11) is 0. The Balaban J connectivity index is 1.90. The minimum absolute atomic E-state index is 0.265. The zero-order chi connectivity index (χ0) is 14.8. The lowest BCUT2D eigenvalue weighted by Gasteiger charge is -2.06. The minimum atomic E-state index is -0.347. The number of hydrogen-bond acceptors (Lipinski definition) is 2. The summed E-state index contributed by atoms with van der Waals surface area (Å²) in [5.41, 5.74) is 2.84. The Hall–Kier alpha value is -2.75. The maximum Gasteiger partial charge on any atom is 0.257 e. The highest BCUT2D eigenvalue weighted by Gasteiger charge is 2.08. The molecule has 0 aliphatic heterocycles. The Morgan fingerprint density at radius 1 is 1.14 bits per heavy atom. The third-order valence-corrected chi connectivity index (χ3v) is 3.18. The normalized spacial score (nSPS) is 10.6. The quantitative estimate of drug-likeness (QED) is 0.772. The van der Waals surface area contributed by atoms with Crippen molar-refractivity contribution in [2.24, 2.45) is 0 Å². The molecule has 1 N–H and O–H groups in total. The number of fused-ring (bicyclic) bond motifs is 1. The lowest BCUT2D eigenvalue weighted by atomic mass is 10.1. The third-order valence-electron chi connectivity index (χ3n) is 3.18. The molecule has 1 heterocycles. The van der Waals surface area contributed by atoms with Crippen molar-refractivity contribution in [1.29, 1.82) is 0 Å². The van der Waals surface area contributed by atoms with Crippen LogP contribution in [0, 0.1) is 12.7 Å². The predicted octanol–water partition coefficient (Wildman–Crippen LogP) is 3.93. The van der Waals surface area contributed by atoms with Crippen molar-refractivity contribution in [1.82, 2.24) is 4.98 Å². The molecule has 2 aromatic carbocycles. The Labute approximate surface area is 121 Å². The Morgan fingerprint density at radius 3 is 2.81 bits per heavy atom.